The van der Waals surface area contributed by atoms with Gasteiger partial charge in [0, 0.05) is 6.54 Å². The average molecular weight is 321 g/mol. The van der Waals surface area contributed by atoms with E-state index in [0.29, 0.717) is 13.0 Å². The molecule has 0 bridgehead atoms. The van der Waals surface area contributed by atoms with E-state index in [1.54, 1.807) is 0 Å². The number of carbonyl (C=O) groups excluding carboxylic acids is 1. The summed E-state index contributed by atoms with van der Waals surface area (Å²) in [6.07, 6.45) is 5.43. The van der Waals surface area contributed by atoms with Crippen molar-refractivity contribution < 1.29 is 9.90 Å². The fourth-order valence-electron chi connectivity index (χ4n) is 2.64. The van der Waals surface area contributed by atoms with Gasteiger partial charge in [0.15, 0.2) is 0 Å². The minimum atomic E-state index is -0.703. The summed E-state index contributed by atoms with van der Waals surface area (Å²) >= 11 is 1.87. The molecule has 0 atom stereocenters. The number of nitrogens with one attached hydrogen (secondary N) is 1. The van der Waals surface area contributed by atoms with Crippen molar-refractivity contribution in [3.63, 3.8) is 0 Å². The molecule has 4 heteroatoms. The molecule has 2 rings (SSSR count). The number of rotatable bonds is 7. The van der Waals surface area contributed by atoms with Gasteiger partial charge in [-0.05, 0) is 48.3 Å². The SMILES string of the molecule is CCCCc1ccc(CC(=O)NCC2(O)CCSCC2)cc1. The third kappa shape index (κ3) is 5.65. The van der Waals surface area contributed by atoms with Gasteiger partial charge in [-0.1, -0.05) is 37.6 Å². The second-order valence-electron chi connectivity index (χ2n) is 6.21. The first-order chi connectivity index (χ1) is 10.6. The Morgan fingerprint density at radius 3 is 2.50 bits per heavy atom. The Bertz CT molecular complexity index is 466. The van der Waals surface area contributed by atoms with Crippen molar-refractivity contribution in [2.45, 2.75) is 51.0 Å². The molecule has 0 aromatic heterocycles. The Labute approximate surface area is 137 Å². The Hall–Kier alpha value is -1.00. The number of carbonyl (C=O) groups is 1. The standard InChI is InChI=1S/C18H27NO2S/c1-2-3-4-15-5-7-16(8-6-15)13-17(20)19-14-18(21)9-11-22-12-10-18/h5-8,21H,2-4,9-14H2,1H3,(H,19,20). The van der Waals surface area contributed by atoms with Crippen LogP contribution in [-0.4, -0.2) is 34.7 Å². The molecule has 0 saturated carbocycles. The van der Waals surface area contributed by atoms with E-state index in [9.17, 15) is 9.90 Å². The van der Waals surface area contributed by atoms with Gasteiger partial charge in [-0.3, -0.25) is 4.79 Å². The van der Waals surface area contributed by atoms with Gasteiger partial charge >= 0.3 is 0 Å². The van der Waals surface area contributed by atoms with Gasteiger partial charge in [-0.2, -0.15) is 11.8 Å². The van der Waals surface area contributed by atoms with E-state index in [2.05, 4.69) is 24.4 Å². The number of hydrogen-bond donors (Lipinski definition) is 2. The van der Waals surface area contributed by atoms with E-state index in [4.69, 9.17) is 0 Å². The van der Waals surface area contributed by atoms with Gasteiger partial charge in [0.1, 0.15) is 0 Å². The van der Waals surface area contributed by atoms with Crippen LogP contribution < -0.4 is 5.32 Å². The number of benzene rings is 1. The normalized spacial score (nSPS) is 17.2. The fraction of sp³-hybridized carbons (Fsp3) is 0.611. The quantitative estimate of drug-likeness (QED) is 0.812. The van der Waals surface area contributed by atoms with Crippen LogP contribution in [0.3, 0.4) is 0 Å². The summed E-state index contributed by atoms with van der Waals surface area (Å²) in [6.45, 7) is 2.57. The van der Waals surface area contributed by atoms with Gasteiger partial charge in [0.2, 0.25) is 5.91 Å². The monoisotopic (exact) mass is 321 g/mol. The highest BCUT2D eigenvalue weighted by Crippen LogP contribution is 2.26. The van der Waals surface area contributed by atoms with E-state index in [0.717, 1.165) is 36.3 Å². The van der Waals surface area contributed by atoms with Crippen LogP contribution in [0, 0.1) is 0 Å². The van der Waals surface area contributed by atoms with Crippen LogP contribution in [0.1, 0.15) is 43.7 Å². The van der Waals surface area contributed by atoms with Crippen molar-refractivity contribution in [2.24, 2.45) is 0 Å². The summed E-state index contributed by atoms with van der Waals surface area (Å²) in [7, 11) is 0. The Kier molecular flexibility index (Phi) is 6.77. The largest absolute Gasteiger partial charge is 0.388 e. The lowest BCUT2D eigenvalue weighted by Gasteiger charge is -2.31. The first-order valence-electron chi connectivity index (χ1n) is 8.26. The van der Waals surface area contributed by atoms with Crippen LogP contribution in [0.15, 0.2) is 24.3 Å². The van der Waals surface area contributed by atoms with Gasteiger partial charge in [-0.15, -0.1) is 0 Å². The maximum Gasteiger partial charge on any atom is 0.224 e. The number of aryl methyl sites for hydroxylation is 1. The lowest BCUT2D eigenvalue weighted by atomic mass is 9.97. The summed E-state index contributed by atoms with van der Waals surface area (Å²) in [5, 5.41) is 13.3. The summed E-state index contributed by atoms with van der Waals surface area (Å²) < 4.78 is 0. The summed E-state index contributed by atoms with van der Waals surface area (Å²) in [5.74, 6) is 1.95. The topological polar surface area (TPSA) is 49.3 Å². The van der Waals surface area contributed by atoms with Crippen molar-refractivity contribution >= 4 is 17.7 Å². The van der Waals surface area contributed by atoms with Gasteiger partial charge in [-0.25, -0.2) is 0 Å². The first kappa shape index (κ1) is 17.4. The number of hydrogen-bond acceptors (Lipinski definition) is 3. The molecule has 1 fully saturated rings. The molecule has 3 nitrogen and oxygen atoms in total. The van der Waals surface area contributed by atoms with E-state index in [1.165, 1.54) is 18.4 Å². The van der Waals surface area contributed by atoms with E-state index in [-0.39, 0.29) is 5.91 Å². The third-order valence-corrected chi connectivity index (χ3v) is 5.23. The molecule has 22 heavy (non-hydrogen) atoms. The highest BCUT2D eigenvalue weighted by atomic mass is 32.2. The highest BCUT2D eigenvalue weighted by Gasteiger charge is 2.29. The fourth-order valence-corrected chi connectivity index (χ4v) is 3.90. The molecular weight excluding hydrogens is 294 g/mol. The molecule has 0 unspecified atom stereocenters. The number of aliphatic hydroxyl groups is 1. The zero-order chi connectivity index (χ0) is 15.8. The zero-order valence-electron chi connectivity index (χ0n) is 13.4. The Morgan fingerprint density at radius 2 is 1.86 bits per heavy atom. The molecule has 0 radical (unpaired) electrons. The third-order valence-electron chi connectivity index (χ3n) is 4.24. The summed E-state index contributed by atoms with van der Waals surface area (Å²) in [5.41, 5.74) is 1.66. The first-order valence-corrected chi connectivity index (χ1v) is 9.41. The van der Waals surface area contributed by atoms with Crippen molar-refractivity contribution in [1.82, 2.24) is 5.32 Å². The average Bonchev–Trinajstić information content (AvgIpc) is 2.53. The molecule has 1 amide bonds. The van der Waals surface area contributed by atoms with Gasteiger partial charge < -0.3 is 10.4 Å². The van der Waals surface area contributed by atoms with Crippen molar-refractivity contribution in [1.29, 1.82) is 0 Å². The Morgan fingerprint density at radius 1 is 1.23 bits per heavy atom. The zero-order valence-corrected chi connectivity index (χ0v) is 14.3. The summed E-state index contributed by atoms with van der Waals surface area (Å²) in [6, 6.07) is 8.31. The molecule has 2 N–H and O–H groups in total. The van der Waals surface area contributed by atoms with Gasteiger partial charge in [0.25, 0.3) is 0 Å². The van der Waals surface area contributed by atoms with E-state index in [1.807, 2.05) is 23.9 Å². The van der Waals surface area contributed by atoms with Crippen LogP contribution in [0.5, 0.6) is 0 Å². The second-order valence-corrected chi connectivity index (χ2v) is 7.44. The molecule has 122 valence electrons. The van der Waals surface area contributed by atoms with Gasteiger partial charge in [0.05, 0.1) is 12.0 Å². The maximum atomic E-state index is 12.0. The molecule has 1 aliphatic rings. The van der Waals surface area contributed by atoms with E-state index >= 15 is 0 Å². The minimum absolute atomic E-state index is 0.00652. The molecule has 0 aliphatic carbocycles. The lowest BCUT2D eigenvalue weighted by Crippen LogP contribution is -2.45. The predicted octanol–water partition coefficient (Wildman–Crippen LogP) is 2.95. The van der Waals surface area contributed by atoms with Crippen LogP contribution in [0.25, 0.3) is 0 Å². The van der Waals surface area contributed by atoms with Crippen LogP contribution in [0.4, 0.5) is 0 Å². The van der Waals surface area contributed by atoms with Crippen molar-refractivity contribution in [3.05, 3.63) is 35.4 Å². The van der Waals surface area contributed by atoms with Crippen LogP contribution in [0.2, 0.25) is 0 Å². The molecule has 1 saturated heterocycles. The van der Waals surface area contributed by atoms with Crippen LogP contribution in [-0.2, 0) is 17.6 Å². The smallest absolute Gasteiger partial charge is 0.224 e. The molecule has 1 aromatic carbocycles. The molecule has 1 heterocycles. The summed E-state index contributed by atoms with van der Waals surface area (Å²) in [4.78, 5) is 12.0. The number of thioether (sulfide) groups is 1. The number of unbranched alkanes of at least 4 members (excludes halogenated alkanes) is 1. The Balaban J connectivity index is 1.76. The molecule has 0 spiro atoms. The molecule has 1 aliphatic heterocycles. The minimum Gasteiger partial charge on any atom is -0.388 e. The second kappa shape index (κ2) is 8.59. The van der Waals surface area contributed by atoms with Crippen LogP contribution >= 0.6 is 11.8 Å². The predicted molar refractivity (Wildman–Crippen MR) is 93.3 cm³/mol. The van der Waals surface area contributed by atoms with E-state index < -0.39 is 5.60 Å². The lowest BCUT2D eigenvalue weighted by molar-refractivity contribution is -0.121. The number of amides is 1. The highest BCUT2D eigenvalue weighted by molar-refractivity contribution is 7.99. The van der Waals surface area contributed by atoms with Crippen molar-refractivity contribution in [3.8, 4) is 0 Å². The molecule has 1 aromatic rings. The maximum absolute atomic E-state index is 12.0. The van der Waals surface area contributed by atoms with Crippen molar-refractivity contribution in [2.75, 3.05) is 18.1 Å². The molecular formula is C18H27NO2S.